The molecule has 2 nitrogen and oxygen atoms in total. The predicted octanol–water partition coefficient (Wildman–Crippen LogP) is 4.00. The SMILES string of the molecule is C[C@@H]1C[C@H]2C[C@H](O)CC[C@@H]2[C@H]2CC[C@@]3(C)[C@@H](CC[C@]3(C)O)[C@@H]21. The van der Waals surface area contributed by atoms with Crippen molar-refractivity contribution < 1.29 is 10.2 Å². The highest BCUT2D eigenvalue weighted by molar-refractivity contribution is 5.11. The summed E-state index contributed by atoms with van der Waals surface area (Å²) in [4.78, 5) is 0. The molecule has 4 aliphatic rings. The van der Waals surface area contributed by atoms with E-state index in [1.165, 1.54) is 32.1 Å². The molecule has 0 unspecified atom stereocenters. The van der Waals surface area contributed by atoms with Crippen molar-refractivity contribution in [2.24, 2.45) is 40.9 Å². The van der Waals surface area contributed by atoms with Crippen LogP contribution in [0.3, 0.4) is 0 Å². The third-order valence-electron chi connectivity index (χ3n) is 8.84. The fraction of sp³-hybridized carbons (Fsp3) is 1.00. The molecule has 0 aromatic rings. The zero-order valence-electron chi connectivity index (χ0n) is 14.6. The maximum absolute atomic E-state index is 11.0. The molecule has 0 aliphatic heterocycles. The third kappa shape index (κ3) is 1.99. The topological polar surface area (TPSA) is 40.5 Å². The van der Waals surface area contributed by atoms with E-state index in [4.69, 9.17) is 0 Å². The van der Waals surface area contributed by atoms with Crippen molar-refractivity contribution in [3.05, 3.63) is 0 Å². The maximum atomic E-state index is 11.0. The van der Waals surface area contributed by atoms with Crippen LogP contribution in [0.2, 0.25) is 0 Å². The van der Waals surface area contributed by atoms with Gasteiger partial charge in [0, 0.05) is 0 Å². The maximum Gasteiger partial charge on any atom is 0.0675 e. The monoisotopic (exact) mass is 306 g/mol. The van der Waals surface area contributed by atoms with Crippen molar-refractivity contribution in [3.63, 3.8) is 0 Å². The van der Waals surface area contributed by atoms with Crippen LogP contribution < -0.4 is 0 Å². The van der Waals surface area contributed by atoms with Crippen LogP contribution in [0.1, 0.15) is 72.1 Å². The lowest BCUT2D eigenvalue weighted by molar-refractivity contribution is -0.140. The quantitative estimate of drug-likeness (QED) is 0.710. The molecule has 0 spiro atoms. The average Bonchev–Trinajstić information content (AvgIpc) is 2.69. The highest BCUT2D eigenvalue weighted by atomic mass is 16.3. The van der Waals surface area contributed by atoms with Crippen LogP contribution in [-0.4, -0.2) is 21.9 Å². The fourth-order valence-corrected chi connectivity index (χ4v) is 7.52. The molecule has 0 aromatic heterocycles. The van der Waals surface area contributed by atoms with Gasteiger partial charge in [-0.05, 0) is 99.2 Å². The third-order valence-corrected chi connectivity index (χ3v) is 8.84. The second-order valence-electron chi connectivity index (χ2n) is 9.72. The first-order chi connectivity index (χ1) is 10.3. The fourth-order valence-electron chi connectivity index (χ4n) is 7.52. The van der Waals surface area contributed by atoms with Gasteiger partial charge in [-0.25, -0.2) is 0 Å². The summed E-state index contributed by atoms with van der Waals surface area (Å²) in [6.07, 6.45) is 9.37. The Morgan fingerprint density at radius 3 is 2.45 bits per heavy atom. The van der Waals surface area contributed by atoms with Crippen molar-refractivity contribution in [2.45, 2.75) is 83.8 Å². The van der Waals surface area contributed by atoms with Crippen LogP contribution in [0.4, 0.5) is 0 Å². The van der Waals surface area contributed by atoms with E-state index < -0.39 is 5.60 Å². The van der Waals surface area contributed by atoms with E-state index in [1.807, 2.05) is 0 Å². The normalized spacial score (nSPS) is 61.2. The largest absolute Gasteiger partial charge is 0.393 e. The van der Waals surface area contributed by atoms with Crippen LogP contribution in [0.15, 0.2) is 0 Å². The van der Waals surface area contributed by atoms with E-state index in [1.54, 1.807) is 0 Å². The van der Waals surface area contributed by atoms with Crippen molar-refractivity contribution in [2.75, 3.05) is 0 Å². The minimum Gasteiger partial charge on any atom is -0.393 e. The van der Waals surface area contributed by atoms with E-state index in [9.17, 15) is 10.2 Å². The van der Waals surface area contributed by atoms with Crippen LogP contribution in [0.5, 0.6) is 0 Å². The molecule has 0 radical (unpaired) electrons. The summed E-state index contributed by atoms with van der Waals surface area (Å²) in [6.45, 7) is 6.94. The number of aliphatic hydroxyl groups excluding tert-OH is 1. The lowest BCUT2D eigenvalue weighted by Gasteiger charge is -2.59. The van der Waals surface area contributed by atoms with E-state index >= 15 is 0 Å². The first-order valence-electron chi connectivity index (χ1n) is 9.74. The van der Waals surface area contributed by atoms with Crippen LogP contribution >= 0.6 is 0 Å². The Labute approximate surface area is 135 Å². The van der Waals surface area contributed by atoms with Gasteiger partial charge in [-0.2, -0.15) is 0 Å². The summed E-state index contributed by atoms with van der Waals surface area (Å²) in [5, 5.41) is 21.0. The number of fused-ring (bicyclic) bond motifs is 5. The molecule has 126 valence electrons. The zero-order chi connectivity index (χ0) is 15.7. The van der Waals surface area contributed by atoms with Gasteiger partial charge in [0.15, 0.2) is 0 Å². The first kappa shape index (κ1) is 15.4. The van der Waals surface area contributed by atoms with Crippen LogP contribution in [-0.2, 0) is 0 Å². The van der Waals surface area contributed by atoms with Gasteiger partial charge in [-0.3, -0.25) is 0 Å². The Hall–Kier alpha value is -0.0800. The summed E-state index contributed by atoms with van der Waals surface area (Å²) in [5.41, 5.74) is -0.314. The van der Waals surface area contributed by atoms with Crippen LogP contribution in [0, 0.1) is 40.9 Å². The number of rotatable bonds is 0. The molecule has 2 heteroatoms. The standard InChI is InChI=1S/C20H34O2/c1-12-10-13-11-14(21)4-5-15(13)16-6-8-19(2)17(18(12)16)7-9-20(19,3)22/h12-18,21-22H,4-11H2,1-3H3/t12-,13+,14-,15+,16-,17+,18-,19+,20+/m1/s1. The van der Waals surface area contributed by atoms with Crippen molar-refractivity contribution in [1.82, 2.24) is 0 Å². The van der Waals surface area contributed by atoms with Gasteiger partial charge in [0.2, 0.25) is 0 Å². The van der Waals surface area contributed by atoms with Crippen molar-refractivity contribution in [3.8, 4) is 0 Å². The molecule has 0 bridgehead atoms. The van der Waals surface area contributed by atoms with E-state index in [0.29, 0.717) is 0 Å². The molecule has 0 saturated heterocycles. The summed E-state index contributed by atoms with van der Waals surface area (Å²) >= 11 is 0. The summed E-state index contributed by atoms with van der Waals surface area (Å²) < 4.78 is 0. The van der Waals surface area contributed by atoms with Crippen molar-refractivity contribution >= 4 is 0 Å². The smallest absolute Gasteiger partial charge is 0.0675 e. The van der Waals surface area contributed by atoms with Gasteiger partial charge in [0.25, 0.3) is 0 Å². The second-order valence-corrected chi connectivity index (χ2v) is 9.72. The molecule has 2 N–H and O–H groups in total. The Balaban J connectivity index is 1.63. The Morgan fingerprint density at radius 1 is 0.909 bits per heavy atom. The number of hydrogen-bond donors (Lipinski definition) is 2. The zero-order valence-corrected chi connectivity index (χ0v) is 14.6. The van der Waals surface area contributed by atoms with Gasteiger partial charge < -0.3 is 10.2 Å². The summed E-state index contributed by atoms with van der Waals surface area (Å²) in [7, 11) is 0. The second kappa shape index (κ2) is 4.96. The molecular weight excluding hydrogens is 272 g/mol. The minimum atomic E-state index is -0.456. The lowest BCUT2D eigenvalue weighted by atomic mass is 9.47. The molecule has 9 atom stereocenters. The van der Waals surface area contributed by atoms with E-state index in [-0.39, 0.29) is 11.5 Å². The Kier molecular flexibility index (Phi) is 3.48. The van der Waals surface area contributed by atoms with Gasteiger partial charge in [-0.15, -0.1) is 0 Å². The Morgan fingerprint density at radius 2 is 1.68 bits per heavy atom. The molecule has 22 heavy (non-hydrogen) atoms. The molecule has 0 heterocycles. The van der Waals surface area contributed by atoms with Gasteiger partial charge in [0.05, 0.1) is 11.7 Å². The van der Waals surface area contributed by atoms with Crippen molar-refractivity contribution in [1.29, 1.82) is 0 Å². The molecule has 4 saturated carbocycles. The minimum absolute atomic E-state index is 0.0360. The molecule has 0 amide bonds. The number of hydrogen-bond acceptors (Lipinski definition) is 2. The molecular formula is C20H34O2. The van der Waals surface area contributed by atoms with Gasteiger partial charge in [-0.1, -0.05) is 13.8 Å². The highest BCUT2D eigenvalue weighted by Gasteiger charge is 2.62. The lowest BCUT2D eigenvalue weighted by Crippen LogP contribution is -2.54. The van der Waals surface area contributed by atoms with E-state index in [2.05, 4.69) is 20.8 Å². The summed E-state index contributed by atoms with van der Waals surface area (Å²) in [5.74, 6) is 4.82. The summed E-state index contributed by atoms with van der Waals surface area (Å²) in [6, 6.07) is 0. The first-order valence-corrected chi connectivity index (χ1v) is 9.74. The van der Waals surface area contributed by atoms with Crippen LogP contribution in [0.25, 0.3) is 0 Å². The predicted molar refractivity (Wildman–Crippen MR) is 88.3 cm³/mol. The highest BCUT2D eigenvalue weighted by Crippen LogP contribution is 2.66. The molecule has 4 fully saturated rings. The number of aliphatic hydroxyl groups is 2. The molecule has 4 aliphatic carbocycles. The average molecular weight is 306 g/mol. The Bertz CT molecular complexity index is 445. The molecule has 0 aromatic carbocycles. The molecule has 4 rings (SSSR count). The van der Waals surface area contributed by atoms with E-state index in [0.717, 1.165) is 54.8 Å². The van der Waals surface area contributed by atoms with Gasteiger partial charge in [0.1, 0.15) is 0 Å². The van der Waals surface area contributed by atoms with Gasteiger partial charge >= 0.3 is 0 Å².